The van der Waals surface area contributed by atoms with Crippen LogP contribution in [0.2, 0.25) is 5.02 Å². The Hall–Kier alpha value is -2.37. The minimum Gasteiger partial charge on any atom is -0.362 e. The Bertz CT molecular complexity index is 984. The molecule has 2 aromatic carbocycles. The van der Waals surface area contributed by atoms with Gasteiger partial charge in [-0.2, -0.15) is 0 Å². The van der Waals surface area contributed by atoms with Crippen LogP contribution >= 0.6 is 23.8 Å². The molecular formula is C19H18ClN3OS. The first-order valence-electron chi connectivity index (χ1n) is 7.95. The van der Waals surface area contributed by atoms with Crippen LogP contribution in [0.5, 0.6) is 0 Å². The van der Waals surface area contributed by atoms with E-state index < -0.39 is 0 Å². The van der Waals surface area contributed by atoms with Gasteiger partial charge in [-0.15, -0.1) is 0 Å². The molecule has 0 saturated heterocycles. The molecule has 0 saturated carbocycles. The molecule has 1 aromatic heterocycles. The topological polar surface area (TPSA) is 56.9 Å². The van der Waals surface area contributed by atoms with Gasteiger partial charge in [-0.3, -0.25) is 4.79 Å². The summed E-state index contributed by atoms with van der Waals surface area (Å²) in [5.74, 6) is 0. The monoisotopic (exact) mass is 371 g/mol. The zero-order chi connectivity index (χ0) is 17.8. The van der Waals surface area contributed by atoms with E-state index in [0.29, 0.717) is 23.1 Å². The largest absolute Gasteiger partial charge is 0.362 e. The van der Waals surface area contributed by atoms with Crippen molar-refractivity contribution in [2.24, 2.45) is 0 Å². The van der Waals surface area contributed by atoms with Gasteiger partial charge >= 0.3 is 0 Å². The number of thiocarbonyl (C=S) groups is 1. The van der Waals surface area contributed by atoms with Crippen molar-refractivity contribution >= 4 is 45.5 Å². The van der Waals surface area contributed by atoms with E-state index in [1.807, 2.05) is 49.4 Å². The van der Waals surface area contributed by atoms with Crippen molar-refractivity contribution < 1.29 is 0 Å². The smallest absolute Gasteiger partial charge is 0.251 e. The highest BCUT2D eigenvalue weighted by molar-refractivity contribution is 7.80. The molecular weight excluding hydrogens is 354 g/mol. The molecule has 0 amide bonds. The van der Waals surface area contributed by atoms with E-state index in [2.05, 4.69) is 15.6 Å². The van der Waals surface area contributed by atoms with E-state index in [4.69, 9.17) is 23.8 Å². The van der Waals surface area contributed by atoms with Crippen molar-refractivity contribution in [2.45, 2.75) is 13.3 Å². The number of aryl methyl sites for hydroxylation is 1. The number of para-hydroxylation sites is 1. The summed E-state index contributed by atoms with van der Waals surface area (Å²) >= 11 is 11.4. The highest BCUT2D eigenvalue weighted by Crippen LogP contribution is 2.20. The van der Waals surface area contributed by atoms with Crippen LogP contribution in [0, 0.1) is 6.92 Å². The summed E-state index contributed by atoms with van der Waals surface area (Å²) in [5, 5.41) is 8.25. The number of benzene rings is 2. The molecule has 25 heavy (non-hydrogen) atoms. The predicted molar refractivity (Wildman–Crippen MR) is 109 cm³/mol. The zero-order valence-corrected chi connectivity index (χ0v) is 15.3. The van der Waals surface area contributed by atoms with E-state index in [1.165, 1.54) is 0 Å². The summed E-state index contributed by atoms with van der Waals surface area (Å²) in [7, 11) is 0. The van der Waals surface area contributed by atoms with Gasteiger partial charge in [0.05, 0.1) is 10.7 Å². The van der Waals surface area contributed by atoms with Gasteiger partial charge in [-0.25, -0.2) is 0 Å². The summed E-state index contributed by atoms with van der Waals surface area (Å²) in [6.07, 6.45) is 0.573. The molecule has 0 aliphatic heterocycles. The average molecular weight is 372 g/mol. The van der Waals surface area contributed by atoms with Crippen molar-refractivity contribution in [3.63, 3.8) is 0 Å². The Kier molecular flexibility index (Phi) is 5.36. The summed E-state index contributed by atoms with van der Waals surface area (Å²) in [6.45, 7) is 2.55. The third kappa shape index (κ3) is 4.38. The number of rotatable bonds is 4. The van der Waals surface area contributed by atoms with Gasteiger partial charge in [0.2, 0.25) is 0 Å². The van der Waals surface area contributed by atoms with Crippen molar-refractivity contribution in [1.82, 2.24) is 10.3 Å². The van der Waals surface area contributed by atoms with Gasteiger partial charge in [-0.05, 0) is 60.8 Å². The van der Waals surface area contributed by atoms with Crippen LogP contribution in [0.25, 0.3) is 10.9 Å². The molecule has 0 aliphatic rings. The summed E-state index contributed by atoms with van der Waals surface area (Å²) < 4.78 is 0. The lowest BCUT2D eigenvalue weighted by molar-refractivity contribution is 0.863. The second kappa shape index (κ2) is 7.68. The lowest BCUT2D eigenvalue weighted by Gasteiger charge is -2.11. The van der Waals surface area contributed by atoms with Gasteiger partial charge in [-0.1, -0.05) is 35.9 Å². The number of aromatic amines is 1. The fourth-order valence-electron chi connectivity index (χ4n) is 2.59. The van der Waals surface area contributed by atoms with Crippen molar-refractivity contribution in [1.29, 1.82) is 0 Å². The van der Waals surface area contributed by atoms with Gasteiger partial charge < -0.3 is 15.6 Å². The lowest BCUT2D eigenvalue weighted by Crippen LogP contribution is -2.31. The lowest BCUT2D eigenvalue weighted by atomic mass is 10.1. The number of anilines is 1. The standard InChI is InChI=1S/C19H18ClN3OS/c1-12-6-7-13-11-14(18(24)22-17(13)10-12)8-9-21-19(25)23-16-5-3-2-4-15(16)20/h2-7,10-11H,8-9H2,1H3,(H,22,24)(H2,21,23,25). The number of aromatic nitrogens is 1. The number of halogens is 1. The average Bonchev–Trinajstić information content (AvgIpc) is 2.57. The molecule has 3 N–H and O–H groups in total. The van der Waals surface area contributed by atoms with Crippen LogP contribution in [-0.2, 0) is 6.42 Å². The van der Waals surface area contributed by atoms with Gasteiger partial charge in [0.1, 0.15) is 0 Å². The Labute approximate surface area is 156 Å². The van der Waals surface area contributed by atoms with Gasteiger partial charge in [0, 0.05) is 17.6 Å². The summed E-state index contributed by atoms with van der Waals surface area (Å²) in [5.41, 5.74) is 3.39. The molecule has 0 radical (unpaired) electrons. The minimum atomic E-state index is -0.0649. The van der Waals surface area contributed by atoms with E-state index >= 15 is 0 Å². The first kappa shape index (κ1) is 17.5. The quantitative estimate of drug-likeness (QED) is 0.606. The second-order valence-corrected chi connectivity index (χ2v) is 6.64. The Morgan fingerprint density at radius 1 is 1.20 bits per heavy atom. The highest BCUT2D eigenvalue weighted by Gasteiger charge is 2.05. The molecule has 0 spiro atoms. The predicted octanol–water partition coefficient (Wildman–Crippen LogP) is 4.02. The van der Waals surface area contributed by atoms with Crippen LogP contribution in [0.1, 0.15) is 11.1 Å². The van der Waals surface area contributed by atoms with Crippen molar-refractivity contribution in [2.75, 3.05) is 11.9 Å². The molecule has 6 heteroatoms. The molecule has 0 aliphatic carbocycles. The van der Waals surface area contributed by atoms with Crippen LogP contribution in [0.15, 0.2) is 53.3 Å². The molecule has 0 fully saturated rings. The number of hydrogen-bond donors (Lipinski definition) is 3. The fourth-order valence-corrected chi connectivity index (χ4v) is 2.98. The maximum atomic E-state index is 12.2. The van der Waals surface area contributed by atoms with Gasteiger partial charge in [0.25, 0.3) is 5.56 Å². The number of fused-ring (bicyclic) bond motifs is 1. The van der Waals surface area contributed by atoms with Gasteiger partial charge in [0.15, 0.2) is 5.11 Å². The van der Waals surface area contributed by atoms with E-state index in [0.717, 1.165) is 27.7 Å². The Balaban J connectivity index is 1.62. The molecule has 1 heterocycles. The van der Waals surface area contributed by atoms with Crippen LogP contribution < -0.4 is 16.2 Å². The van der Waals surface area contributed by atoms with Crippen LogP contribution in [0.4, 0.5) is 5.69 Å². The maximum Gasteiger partial charge on any atom is 0.251 e. The Morgan fingerprint density at radius 3 is 2.80 bits per heavy atom. The maximum absolute atomic E-state index is 12.2. The third-order valence-electron chi connectivity index (χ3n) is 3.88. The summed E-state index contributed by atoms with van der Waals surface area (Å²) in [4.78, 5) is 15.1. The van der Waals surface area contributed by atoms with E-state index in [-0.39, 0.29) is 5.56 Å². The zero-order valence-electron chi connectivity index (χ0n) is 13.7. The van der Waals surface area contributed by atoms with Crippen molar-refractivity contribution in [3.8, 4) is 0 Å². The number of nitrogens with one attached hydrogen (secondary N) is 3. The number of hydrogen-bond acceptors (Lipinski definition) is 2. The first-order chi connectivity index (χ1) is 12.0. The molecule has 4 nitrogen and oxygen atoms in total. The van der Waals surface area contributed by atoms with E-state index in [9.17, 15) is 4.79 Å². The SMILES string of the molecule is Cc1ccc2cc(CCNC(=S)Nc3ccccc3Cl)c(=O)[nH]c2c1. The third-order valence-corrected chi connectivity index (χ3v) is 4.46. The highest BCUT2D eigenvalue weighted by atomic mass is 35.5. The molecule has 0 bridgehead atoms. The number of H-pyrrole nitrogens is 1. The first-order valence-corrected chi connectivity index (χ1v) is 8.73. The minimum absolute atomic E-state index is 0.0649. The fraction of sp³-hybridized carbons (Fsp3) is 0.158. The van der Waals surface area contributed by atoms with Crippen LogP contribution in [-0.4, -0.2) is 16.6 Å². The molecule has 3 rings (SSSR count). The number of pyridine rings is 1. The molecule has 3 aromatic rings. The summed E-state index contributed by atoms with van der Waals surface area (Å²) in [6, 6.07) is 15.3. The normalized spacial score (nSPS) is 10.6. The van der Waals surface area contributed by atoms with Crippen LogP contribution in [0.3, 0.4) is 0 Å². The molecule has 0 unspecified atom stereocenters. The molecule has 128 valence electrons. The second-order valence-electron chi connectivity index (χ2n) is 5.83. The molecule has 0 atom stereocenters. The van der Waals surface area contributed by atoms with E-state index in [1.54, 1.807) is 6.07 Å². The van der Waals surface area contributed by atoms with Crippen molar-refractivity contribution in [3.05, 3.63) is 75.0 Å². The Morgan fingerprint density at radius 2 is 2.00 bits per heavy atom.